The number of esters is 1. The summed E-state index contributed by atoms with van der Waals surface area (Å²) in [5, 5.41) is 0. The first-order chi connectivity index (χ1) is 12.6. The molecule has 0 aliphatic rings. The van der Waals surface area contributed by atoms with Crippen LogP contribution >= 0.6 is 0 Å². The second kappa shape index (κ2) is 8.12. The van der Waals surface area contributed by atoms with Crippen molar-refractivity contribution < 1.29 is 19.1 Å². The number of ketones is 1. The summed E-state index contributed by atoms with van der Waals surface area (Å²) in [5.74, 6) is 0.674. The Bertz CT molecular complexity index is 916. The molecule has 0 atom stereocenters. The Morgan fingerprint density at radius 2 is 1.46 bits per heavy atom. The smallest absolute Gasteiger partial charge is 0.343 e. The molecule has 0 spiro atoms. The Morgan fingerprint density at radius 3 is 2.23 bits per heavy atom. The number of carbonyl (C=O) groups is 2. The Balaban J connectivity index is 1.66. The molecule has 3 aromatic rings. The van der Waals surface area contributed by atoms with Crippen molar-refractivity contribution >= 4 is 11.8 Å². The van der Waals surface area contributed by atoms with Crippen LogP contribution in [-0.2, 0) is 6.61 Å². The predicted octanol–water partition coefficient (Wildman–Crippen LogP) is 4.69. The third-order valence-electron chi connectivity index (χ3n) is 3.76. The fourth-order valence-corrected chi connectivity index (χ4v) is 2.41. The fraction of sp³-hybridized carbons (Fsp3) is 0.0909. The number of ether oxygens (including phenoxy) is 2. The van der Waals surface area contributed by atoms with Gasteiger partial charge in [-0.25, -0.2) is 4.79 Å². The molecule has 0 heterocycles. The van der Waals surface area contributed by atoms with Crippen LogP contribution in [0, 0.1) is 0 Å². The molecule has 0 radical (unpaired) electrons. The lowest BCUT2D eigenvalue weighted by atomic mass is 10.1. The van der Waals surface area contributed by atoms with Crippen LogP contribution in [0.4, 0.5) is 0 Å². The zero-order chi connectivity index (χ0) is 18.4. The van der Waals surface area contributed by atoms with Crippen LogP contribution in [0.25, 0.3) is 0 Å². The zero-order valence-corrected chi connectivity index (χ0v) is 14.3. The minimum Gasteiger partial charge on any atom is -0.489 e. The molecule has 3 aromatic carbocycles. The van der Waals surface area contributed by atoms with Crippen LogP contribution in [0.15, 0.2) is 78.9 Å². The topological polar surface area (TPSA) is 52.6 Å². The van der Waals surface area contributed by atoms with Gasteiger partial charge in [-0.3, -0.25) is 4.79 Å². The molecule has 0 saturated carbocycles. The van der Waals surface area contributed by atoms with E-state index in [2.05, 4.69) is 0 Å². The van der Waals surface area contributed by atoms with Crippen molar-refractivity contribution in [2.24, 2.45) is 0 Å². The molecule has 26 heavy (non-hydrogen) atoms. The molecule has 0 N–H and O–H groups in total. The highest BCUT2D eigenvalue weighted by Crippen LogP contribution is 2.17. The van der Waals surface area contributed by atoms with Crippen molar-refractivity contribution in [1.82, 2.24) is 0 Å². The predicted molar refractivity (Wildman–Crippen MR) is 98.6 cm³/mol. The van der Waals surface area contributed by atoms with Crippen LogP contribution < -0.4 is 9.47 Å². The van der Waals surface area contributed by atoms with Gasteiger partial charge in [0.2, 0.25) is 0 Å². The normalized spacial score (nSPS) is 10.2. The highest BCUT2D eigenvalue weighted by Gasteiger charge is 2.09. The summed E-state index contributed by atoms with van der Waals surface area (Å²) in [6.07, 6.45) is 0. The summed E-state index contributed by atoms with van der Waals surface area (Å²) in [6, 6.07) is 23.0. The molecule has 0 unspecified atom stereocenters. The van der Waals surface area contributed by atoms with Crippen molar-refractivity contribution in [2.45, 2.75) is 13.5 Å². The maximum Gasteiger partial charge on any atom is 0.343 e. The lowest BCUT2D eigenvalue weighted by Crippen LogP contribution is -2.09. The third-order valence-corrected chi connectivity index (χ3v) is 3.76. The second-order valence-corrected chi connectivity index (χ2v) is 5.78. The van der Waals surface area contributed by atoms with Gasteiger partial charge in [0, 0.05) is 5.56 Å². The fourth-order valence-electron chi connectivity index (χ4n) is 2.41. The lowest BCUT2D eigenvalue weighted by molar-refractivity contribution is 0.0734. The quantitative estimate of drug-likeness (QED) is 0.369. The number of para-hydroxylation sites is 1. The Hall–Kier alpha value is -3.40. The number of carbonyl (C=O) groups excluding carboxylic acids is 2. The van der Waals surface area contributed by atoms with Crippen LogP contribution in [0.5, 0.6) is 11.5 Å². The average Bonchev–Trinajstić information content (AvgIpc) is 2.67. The molecule has 3 rings (SSSR count). The first-order valence-electron chi connectivity index (χ1n) is 8.22. The Kier molecular flexibility index (Phi) is 5.44. The highest BCUT2D eigenvalue weighted by atomic mass is 16.5. The average molecular weight is 346 g/mol. The zero-order valence-electron chi connectivity index (χ0n) is 14.3. The Morgan fingerprint density at radius 1 is 0.769 bits per heavy atom. The van der Waals surface area contributed by atoms with Gasteiger partial charge < -0.3 is 9.47 Å². The first-order valence-corrected chi connectivity index (χ1v) is 8.22. The van der Waals surface area contributed by atoms with Crippen molar-refractivity contribution in [1.29, 1.82) is 0 Å². The third kappa shape index (κ3) is 4.57. The largest absolute Gasteiger partial charge is 0.489 e. The number of hydrogen-bond acceptors (Lipinski definition) is 4. The minimum absolute atomic E-state index is 0.0129. The van der Waals surface area contributed by atoms with E-state index < -0.39 is 5.97 Å². The van der Waals surface area contributed by atoms with Crippen LogP contribution in [0.2, 0.25) is 0 Å². The SMILES string of the molecule is CC(=O)c1cccc(OCc2cccc(C(=O)Oc3ccccc3)c2)c1. The standard InChI is InChI=1S/C22H18O4/c1-16(23)18-8-6-12-21(14-18)25-15-17-7-5-9-19(13-17)22(24)26-20-10-3-2-4-11-20/h2-14H,15H2,1H3. The summed E-state index contributed by atoms with van der Waals surface area (Å²) in [4.78, 5) is 23.7. The molecule has 4 nitrogen and oxygen atoms in total. The van der Waals surface area contributed by atoms with E-state index in [1.54, 1.807) is 54.6 Å². The summed E-state index contributed by atoms with van der Waals surface area (Å²) in [6.45, 7) is 1.80. The molecule has 0 saturated heterocycles. The van der Waals surface area contributed by atoms with E-state index in [1.165, 1.54) is 6.92 Å². The first kappa shape index (κ1) is 17.4. The number of hydrogen-bond donors (Lipinski definition) is 0. The molecule has 0 aliphatic carbocycles. The number of rotatable bonds is 6. The minimum atomic E-state index is -0.420. The summed E-state index contributed by atoms with van der Waals surface area (Å²) in [7, 11) is 0. The van der Waals surface area contributed by atoms with Gasteiger partial charge in [-0.1, -0.05) is 42.5 Å². The van der Waals surface area contributed by atoms with E-state index >= 15 is 0 Å². The monoisotopic (exact) mass is 346 g/mol. The van der Waals surface area contributed by atoms with Crippen LogP contribution in [0.1, 0.15) is 33.2 Å². The van der Waals surface area contributed by atoms with Gasteiger partial charge in [0.25, 0.3) is 0 Å². The van der Waals surface area contributed by atoms with E-state index in [-0.39, 0.29) is 12.4 Å². The molecule has 4 heteroatoms. The second-order valence-electron chi connectivity index (χ2n) is 5.78. The number of Topliss-reactive ketones (excluding diaryl/α,β-unsaturated/α-hetero) is 1. The van der Waals surface area contributed by atoms with Gasteiger partial charge in [0.05, 0.1) is 5.56 Å². The highest BCUT2D eigenvalue weighted by molar-refractivity contribution is 5.94. The van der Waals surface area contributed by atoms with Crippen LogP contribution in [0.3, 0.4) is 0 Å². The molecule has 0 aromatic heterocycles. The van der Waals surface area contributed by atoms with Gasteiger partial charge in [-0.15, -0.1) is 0 Å². The number of benzene rings is 3. The van der Waals surface area contributed by atoms with E-state index in [0.717, 1.165) is 5.56 Å². The molecular formula is C22H18O4. The summed E-state index contributed by atoms with van der Waals surface area (Å²) < 4.78 is 11.1. The lowest BCUT2D eigenvalue weighted by Gasteiger charge is -2.09. The molecule has 0 bridgehead atoms. The van der Waals surface area contributed by atoms with Gasteiger partial charge >= 0.3 is 5.97 Å². The molecule has 0 fully saturated rings. The van der Waals surface area contributed by atoms with E-state index in [0.29, 0.717) is 22.6 Å². The van der Waals surface area contributed by atoms with E-state index in [1.807, 2.05) is 24.3 Å². The van der Waals surface area contributed by atoms with Crippen molar-refractivity contribution in [3.63, 3.8) is 0 Å². The molecule has 0 aliphatic heterocycles. The summed E-state index contributed by atoms with van der Waals surface area (Å²) >= 11 is 0. The summed E-state index contributed by atoms with van der Waals surface area (Å²) in [5.41, 5.74) is 1.89. The maximum absolute atomic E-state index is 12.3. The molecular weight excluding hydrogens is 328 g/mol. The van der Waals surface area contributed by atoms with Gasteiger partial charge in [0.15, 0.2) is 5.78 Å². The molecule has 0 amide bonds. The molecule has 130 valence electrons. The van der Waals surface area contributed by atoms with Gasteiger partial charge in [0.1, 0.15) is 18.1 Å². The van der Waals surface area contributed by atoms with Crippen molar-refractivity contribution in [3.05, 3.63) is 95.6 Å². The van der Waals surface area contributed by atoms with Gasteiger partial charge in [-0.2, -0.15) is 0 Å². The van der Waals surface area contributed by atoms with E-state index in [4.69, 9.17) is 9.47 Å². The van der Waals surface area contributed by atoms with Crippen LogP contribution in [-0.4, -0.2) is 11.8 Å². The Labute approximate surface area is 152 Å². The van der Waals surface area contributed by atoms with E-state index in [9.17, 15) is 9.59 Å². The van der Waals surface area contributed by atoms with Crippen molar-refractivity contribution in [3.8, 4) is 11.5 Å². The van der Waals surface area contributed by atoms with Crippen molar-refractivity contribution in [2.75, 3.05) is 0 Å². The maximum atomic E-state index is 12.3. The van der Waals surface area contributed by atoms with Gasteiger partial charge in [-0.05, 0) is 48.9 Å².